The van der Waals surface area contributed by atoms with E-state index in [1.807, 2.05) is 36.4 Å². The van der Waals surface area contributed by atoms with Gasteiger partial charge in [0.2, 0.25) is 0 Å². The summed E-state index contributed by atoms with van der Waals surface area (Å²) in [6, 6.07) is 68.6. The summed E-state index contributed by atoms with van der Waals surface area (Å²) in [5.41, 5.74) is 10.7. The van der Waals surface area contributed by atoms with Gasteiger partial charge in [0, 0.05) is 17.1 Å². The molecule has 0 aliphatic heterocycles. The molecule has 0 heterocycles. The standard InChI is InChI=1S/C50H34N2O/c1-53-41-28-25-39(26-29-41)52(38-23-21-34(33-51)22-24-38)40-27-30-44-47(31-40)42-19-11-12-20-43(42)49-46(36-15-7-3-8-16-36)32-45(35-13-5-2-6-14-35)48(50(44)49)37-17-9-4-10-18-37/h2-32H,1H3. The molecule has 0 radical (unpaired) electrons. The van der Waals surface area contributed by atoms with Crippen molar-refractivity contribution in [2.75, 3.05) is 12.0 Å². The van der Waals surface area contributed by atoms with Crippen LogP contribution in [0.4, 0.5) is 17.1 Å². The molecule has 0 saturated heterocycles. The summed E-state index contributed by atoms with van der Waals surface area (Å²) in [6.07, 6.45) is 0. The largest absolute Gasteiger partial charge is 0.497 e. The zero-order valence-corrected chi connectivity index (χ0v) is 29.2. The lowest BCUT2D eigenvalue weighted by atomic mass is 9.81. The molecule has 0 unspecified atom stereocenters. The molecule has 0 fully saturated rings. The van der Waals surface area contributed by atoms with Crippen LogP contribution in [0.3, 0.4) is 0 Å². The predicted molar refractivity (Wildman–Crippen MR) is 221 cm³/mol. The van der Waals surface area contributed by atoms with Gasteiger partial charge in [-0.15, -0.1) is 0 Å². The second-order valence-corrected chi connectivity index (χ2v) is 13.2. The average Bonchev–Trinajstić information content (AvgIpc) is 3.24. The van der Waals surface area contributed by atoms with Gasteiger partial charge in [-0.1, -0.05) is 121 Å². The molecule has 0 aromatic heterocycles. The lowest BCUT2D eigenvalue weighted by molar-refractivity contribution is 0.415. The lowest BCUT2D eigenvalue weighted by Crippen LogP contribution is -2.10. The van der Waals surface area contributed by atoms with Crippen molar-refractivity contribution in [3.05, 3.63) is 194 Å². The quantitative estimate of drug-likeness (QED) is 0.157. The van der Waals surface area contributed by atoms with Crippen LogP contribution in [0.2, 0.25) is 0 Å². The Balaban J connectivity index is 1.43. The smallest absolute Gasteiger partial charge is 0.119 e. The SMILES string of the molecule is COc1ccc(N(c2ccc(C#N)cc2)c2ccc3c(c2)c2ccccc2c2c(-c4ccccc4)cc(-c4ccccc4)c(-c4ccccc4)c32)cc1. The van der Waals surface area contributed by atoms with Crippen LogP contribution in [-0.4, -0.2) is 7.11 Å². The maximum Gasteiger partial charge on any atom is 0.119 e. The van der Waals surface area contributed by atoms with Crippen LogP contribution in [0, 0.1) is 11.3 Å². The molecule has 0 spiro atoms. The van der Waals surface area contributed by atoms with Crippen LogP contribution >= 0.6 is 0 Å². The predicted octanol–water partition coefficient (Wildman–Crippen LogP) is 13.5. The van der Waals surface area contributed by atoms with Crippen LogP contribution in [0.1, 0.15) is 5.56 Å². The van der Waals surface area contributed by atoms with Gasteiger partial charge in [0.05, 0.1) is 18.7 Å². The van der Waals surface area contributed by atoms with E-state index in [1.54, 1.807) is 7.11 Å². The van der Waals surface area contributed by atoms with Crippen molar-refractivity contribution in [3.63, 3.8) is 0 Å². The Bertz CT molecular complexity index is 2790. The van der Waals surface area contributed by atoms with E-state index in [2.05, 4.69) is 163 Å². The number of nitrogens with zero attached hydrogens (tertiary/aromatic N) is 2. The molecule has 0 amide bonds. The number of anilines is 3. The molecule has 9 rings (SSSR count). The summed E-state index contributed by atoms with van der Waals surface area (Å²) >= 11 is 0. The molecular weight excluding hydrogens is 645 g/mol. The molecule has 0 saturated carbocycles. The maximum atomic E-state index is 9.58. The number of hydrogen-bond donors (Lipinski definition) is 0. The van der Waals surface area contributed by atoms with Gasteiger partial charge in [-0.3, -0.25) is 0 Å². The zero-order chi connectivity index (χ0) is 35.7. The molecule has 9 aromatic rings. The van der Waals surface area contributed by atoms with Crippen LogP contribution in [0.15, 0.2) is 188 Å². The average molecular weight is 679 g/mol. The van der Waals surface area contributed by atoms with Crippen LogP contribution in [0.5, 0.6) is 5.75 Å². The molecule has 0 aliphatic carbocycles. The summed E-state index contributed by atoms with van der Waals surface area (Å²) in [4.78, 5) is 2.24. The minimum absolute atomic E-state index is 0.622. The molecule has 9 aromatic carbocycles. The normalized spacial score (nSPS) is 11.1. The van der Waals surface area contributed by atoms with Gasteiger partial charge >= 0.3 is 0 Å². The van der Waals surface area contributed by atoms with Gasteiger partial charge in [0.15, 0.2) is 0 Å². The second-order valence-electron chi connectivity index (χ2n) is 13.2. The Kier molecular flexibility index (Phi) is 8.12. The van der Waals surface area contributed by atoms with Gasteiger partial charge in [-0.2, -0.15) is 5.26 Å². The number of ether oxygens (including phenoxy) is 1. The lowest BCUT2D eigenvalue weighted by Gasteiger charge is -2.27. The molecular formula is C50H34N2O. The van der Waals surface area contributed by atoms with E-state index in [-0.39, 0.29) is 0 Å². The first kappa shape index (κ1) is 31.8. The highest BCUT2D eigenvalue weighted by atomic mass is 16.5. The van der Waals surface area contributed by atoms with E-state index in [4.69, 9.17) is 4.74 Å². The van der Waals surface area contributed by atoms with Crippen molar-refractivity contribution in [2.24, 2.45) is 0 Å². The molecule has 0 N–H and O–H groups in total. The van der Waals surface area contributed by atoms with Crippen molar-refractivity contribution < 1.29 is 4.74 Å². The molecule has 3 heteroatoms. The highest BCUT2D eigenvalue weighted by molar-refractivity contribution is 6.33. The van der Waals surface area contributed by atoms with E-state index >= 15 is 0 Å². The maximum absolute atomic E-state index is 9.58. The molecule has 250 valence electrons. The third-order valence-electron chi connectivity index (χ3n) is 10.2. The van der Waals surface area contributed by atoms with E-state index < -0.39 is 0 Å². The summed E-state index contributed by atoms with van der Waals surface area (Å²) in [6.45, 7) is 0. The van der Waals surface area contributed by atoms with Gasteiger partial charge in [0.25, 0.3) is 0 Å². The van der Waals surface area contributed by atoms with E-state index in [0.29, 0.717) is 5.56 Å². The van der Waals surface area contributed by atoms with Crippen LogP contribution in [0.25, 0.3) is 65.7 Å². The van der Waals surface area contributed by atoms with Crippen molar-refractivity contribution in [1.82, 2.24) is 0 Å². The first-order valence-corrected chi connectivity index (χ1v) is 17.8. The van der Waals surface area contributed by atoms with Gasteiger partial charge in [-0.25, -0.2) is 0 Å². The van der Waals surface area contributed by atoms with Gasteiger partial charge in [-0.05, 0) is 132 Å². The summed E-state index contributed by atoms with van der Waals surface area (Å²) < 4.78 is 5.51. The number of fused-ring (bicyclic) bond motifs is 6. The number of hydrogen-bond acceptors (Lipinski definition) is 3. The third-order valence-corrected chi connectivity index (χ3v) is 10.2. The third kappa shape index (κ3) is 5.64. The monoisotopic (exact) mass is 678 g/mol. The zero-order valence-electron chi connectivity index (χ0n) is 29.2. The molecule has 0 aliphatic rings. The van der Waals surface area contributed by atoms with E-state index in [0.717, 1.165) is 22.8 Å². The molecule has 0 atom stereocenters. The number of methoxy groups -OCH3 is 1. The van der Waals surface area contributed by atoms with E-state index in [9.17, 15) is 5.26 Å². The number of rotatable bonds is 7. The van der Waals surface area contributed by atoms with Crippen molar-refractivity contribution in [2.45, 2.75) is 0 Å². The Morgan fingerprint density at radius 1 is 0.434 bits per heavy atom. The highest BCUT2D eigenvalue weighted by Crippen LogP contribution is 2.50. The molecule has 53 heavy (non-hydrogen) atoms. The summed E-state index contributed by atoms with van der Waals surface area (Å²) in [7, 11) is 1.68. The molecule has 3 nitrogen and oxygen atoms in total. The Morgan fingerprint density at radius 3 is 1.55 bits per heavy atom. The first-order valence-electron chi connectivity index (χ1n) is 17.8. The second kappa shape index (κ2) is 13.5. The van der Waals surface area contributed by atoms with Crippen molar-refractivity contribution in [3.8, 4) is 45.2 Å². The topological polar surface area (TPSA) is 36.3 Å². The fourth-order valence-corrected chi connectivity index (χ4v) is 7.74. The van der Waals surface area contributed by atoms with Crippen molar-refractivity contribution in [1.29, 1.82) is 5.26 Å². The first-order chi connectivity index (χ1) is 26.2. The molecule has 0 bridgehead atoms. The van der Waals surface area contributed by atoms with E-state index in [1.165, 1.54) is 65.7 Å². The van der Waals surface area contributed by atoms with Gasteiger partial charge < -0.3 is 9.64 Å². The minimum atomic E-state index is 0.622. The fourth-order valence-electron chi connectivity index (χ4n) is 7.74. The van der Waals surface area contributed by atoms with Gasteiger partial charge in [0.1, 0.15) is 5.75 Å². The van der Waals surface area contributed by atoms with Crippen LogP contribution < -0.4 is 9.64 Å². The number of benzene rings is 9. The fraction of sp³-hybridized carbons (Fsp3) is 0.0200. The Labute approximate surface area is 309 Å². The Morgan fingerprint density at radius 2 is 0.943 bits per heavy atom. The minimum Gasteiger partial charge on any atom is -0.497 e. The summed E-state index contributed by atoms with van der Waals surface area (Å²) in [5, 5.41) is 16.8. The Hall–Kier alpha value is -7.15. The highest BCUT2D eigenvalue weighted by Gasteiger charge is 2.22. The van der Waals surface area contributed by atoms with Crippen molar-refractivity contribution >= 4 is 49.4 Å². The summed E-state index contributed by atoms with van der Waals surface area (Å²) in [5.74, 6) is 0.793. The number of nitriles is 1. The van der Waals surface area contributed by atoms with Crippen LogP contribution in [-0.2, 0) is 0 Å².